The summed E-state index contributed by atoms with van der Waals surface area (Å²) in [6.07, 6.45) is 0. The van der Waals surface area contributed by atoms with Crippen molar-refractivity contribution in [1.82, 2.24) is 0 Å². The van der Waals surface area contributed by atoms with Crippen molar-refractivity contribution < 1.29 is 14.4 Å². The first-order chi connectivity index (χ1) is 9.00. The minimum absolute atomic E-state index is 0.303. The summed E-state index contributed by atoms with van der Waals surface area (Å²) in [6, 6.07) is 19.0. The van der Waals surface area contributed by atoms with Gasteiger partial charge in [-0.15, -0.1) is 0 Å². The van der Waals surface area contributed by atoms with E-state index in [2.05, 4.69) is 0 Å². The molecule has 2 aromatic carbocycles. The predicted molar refractivity (Wildman–Crippen MR) is 76.2 cm³/mol. The van der Waals surface area contributed by atoms with Crippen LogP contribution in [-0.2, 0) is 4.57 Å². The van der Waals surface area contributed by atoms with E-state index in [0.29, 0.717) is 0 Å². The fourth-order valence-corrected chi connectivity index (χ4v) is 3.00. The van der Waals surface area contributed by atoms with Gasteiger partial charge in [-0.1, -0.05) is 67.6 Å². The van der Waals surface area contributed by atoms with Crippen molar-refractivity contribution in [2.45, 2.75) is 18.5 Å². The molecule has 19 heavy (non-hydrogen) atoms. The first-order valence-electron chi connectivity index (χ1n) is 6.15. The van der Waals surface area contributed by atoms with Gasteiger partial charge in [-0.25, -0.2) is 0 Å². The summed E-state index contributed by atoms with van der Waals surface area (Å²) in [5, 5.41) is 0. The van der Waals surface area contributed by atoms with Crippen LogP contribution in [0.2, 0.25) is 0 Å². The molecule has 0 bridgehead atoms. The lowest BCUT2D eigenvalue weighted by molar-refractivity contribution is 0.356. The summed E-state index contributed by atoms with van der Waals surface area (Å²) in [7, 11) is -4.14. The van der Waals surface area contributed by atoms with E-state index in [1.165, 1.54) is 0 Å². The standard InChI is InChI=1S/C15H17O3P/c1-12(19(16,17)18)15(13-8-4-2-5-9-13)14-10-6-3-7-11-14/h2-12,15H,1H3,(H2,16,17,18). The molecule has 0 aliphatic heterocycles. The van der Waals surface area contributed by atoms with Crippen LogP contribution in [0.4, 0.5) is 0 Å². The Morgan fingerprint density at radius 2 is 1.21 bits per heavy atom. The highest BCUT2D eigenvalue weighted by molar-refractivity contribution is 7.52. The van der Waals surface area contributed by atoms with E-state index in [1.54, 1.807) is 6.92 Å². The zero-order chi connectivity index (χ0) is 13.9. The highest BCUT2D eigenvalue weighted by Gasteiger charge is 2.33. The lowest BCUT2D eigenvalue weighted by atomic mass is 9.89. The van der Waals surface area contributed by atoms with Gasteiger partial charge >= 0.3 is 7.60 Å². The zero-order valence-electron chi connectivity index (χ0n) is 10.7. The van der Waals surface area contributed by atoms with Gasteiger partial charge in [0.2, 0.25) is 0 Å². The maximum atomic E-state index is 11.6. The number of hydrogen-bond donors (Lipinski definition) is 2. The molecule has 0 heterocycles. The smallest absolute Gasteiger partial charge is 0.324 e. The number of rotatable bonds is 4. The molecular weight excluding hydrogens is 259 g/mol. The molecule has 0 radical (unpaired) electrons. The van der Waals surface area contributed by atoms with Crippen LogP contribution in [0.25, 0.3) is 0 Å². The zero-order valence-corrected chi connectivity index (χ0v) is 11.6. The van der Waals surface area contributed by atoms with Crippen LogP contribution in [-0.4, -0.2) is 15.4 Å². The fraction of sp³-hybridized carbons (Fsp3) is 0.200. The third-order valence-corrected chi connectivity index (χ3v) is 4.69. The molecule has 100 valence electrons. The first-order valence-corrected chi connectivity index (χ1v) is 7.83. The summed E-state index contributed by atoms with van der Waals surface area (Å²) in [5.74, 6) is -0.303. The molecule has 1 atom stereocenters. The maximum Gasteiger partial charge on any atom is 0.329 e. The Bertz CT molecular complexity index is 523. The van der Waals surface area contributed by atoms with Gasteiger partial charge in [0.1, 0.15) is 0 Å². The first kappa shape index (κ1) is 14.0. The molecule has 2 N–H and O–H groups in total. The Labute approximate surface area is 113 Å². The Morgan fingerprint density at radius 1 is 0.842 bits per heavy atom. The molecule has 2 aromatic rings. The van der Waals surface area contributed by atoms with Crippen molar-refractivity contribution in [3.05, 3.63) is 71.8 Å². The van der Waals surface area contributed by atoms with Crippen LogP contribution in [0.15, 0.2) is 60.7 Å². The van der Waals surface area contributed by atoms with E-state index in [-0.39, 0.29) is 5.92 Å². The van der Waals surface area contributed by atoms with Crippen LogP contribution in [0.5, 0.6) is 0 Å². The molecule has 2 rings (SSSR count). The van der Waals surface area contributed by atoms with Gasteiger partial charge in [0.05, 0.1) is 5.66 Å². The van der Waals surface area contributed by atoms with Crippen LogP contribution >= 0.6 is 7.60 Å². The molecular formula is C15H17O3P. The second kappa shape index (κ2) is 5.70. The quantitative estimate of drug-likeness (QED) is 0.842. The molecule has 0 spiro atoms. The van der Waals surface area contributed by atoms with Crippen molar-refractivity contribution in [1.29, 1.82) is 0 Å². The summed E-state index contributed by atoms with van der Waals surface area (Å²) in [6.45, 7) is 1.60. The summed E-state index contributed by atoms with van der Waals surface area (Å²) in [4.78, 5) is 19.0. The summed E-state index contributed by atoms with van der Waals surface area (Å²) >= 11 is 0. The third-order valence-electron chi connectivity index (χ3n) is 3.33. The lowest BCUT2D eigenvalue weighted by Crippen LogP contribution is -2.17. The Hall–Kier alpha value is -1.41. The van der Waals surface area contributed by atoms with E-state index in [4.69, 9.17) is 0 Å². The second-order valence-electron chi connectivity index (χ2n) is 4.63. The summed E-state index contributed by atoms with van der Waals surface area (Å²) in [5.41, 5.74) is 1.09. The van der Waals surface area contributed by atoms with Crippen LogP contribution in [0, 0.1) is 0 Å². The maximum absolute atomic E-state index is 11.6. The molecule has 0 aliphatic carbocycles. The number of hydrogen-bond acceptors (Lipinski definition) is 1. The molecule has 0 fully saturated rings. The Kier molecular flexibility index (Phi) is 4.20. The molecule has 3 nitrogen and oxygen atoms in total. The lowest BCUT2D eigenvalue weighted by Gasteiger charge is -2.25. The van der Waals surface area contributed by atoms with Gasteiger partial charge in [0.15, 0.2) is 0 Å². The largest absolute Gasteiger partial charge is 0.329 e. The third kappa shape index (κ3) is 3.32. The van der Waals surface area contributed by atoms with Crippen molar-refractivity contribution >= 4 is 7.60 Å². The Morgan fingerprint density at radius 3 is 1.53 bits per heavy atom. The van der Waals surface area contributed by atoms with E-state index in [9.17, 15) is 14.4 Å². The van der Waals surface area contributed by atoms with E-state index in [0.717, 1.165) is 11.1 Å². The average Bonchev–Trinajstić information content (AvgIpc) is 2.40. The predicted octanol–water partition coefficient (Wildman–Crippen LogP) is 3.38. The minimum Gasteiger partial charge on any atom is -0.324 e. The minimum atomic E-state index is -4.14. The van der Waals surface area contributed by atoms with Crippen LogP contribution < -0.4 is 0 Å². The van der Waals surface area contributed by atoms with Gasteiger partial charge < -0.3 is 9.79 Å². The molecule has 0 saturated carbocycles. The van der Waals surface area contributed by atoms with Gasteiger partial charge in [0, 0.05) is 5.92 Å². The monoisotopic (exact) mass is 276 g/mol. The molecule has 0 aliphatic rings. The highest BCUT2D eigenvalue weighted by atomic mass is 31.2. The van der Waals surface area contributed by atoms with Gasteiger partial charge in [-0.3, -0.25) is 4.57 Å². The van der Waals surface area contributed by atoms with Crippen molar-refractivity contribution in [3.63, 3.8) is 0 Å². The average molecular weight is 276 g/mol. The van der Waals surface area contributed by atoms with Crippen molar-refractivity contribution in [3.8, 4) is 0 Å². The molecule has 0 amide bonds. The molecule has 4 heteroatoms. The van der Waals surface area contributed by atoms with E-state index < -0.39 is 13.3 Å². The van der Waals surface area contributed by atoms with Gasteiger partial charge in [-0.05, 0) is 11.1 Å². The van der Waals surface area contributed by atoms with E-state index >= 15 is 0 Å². The second-order valence-corrected chi connectivity index (χ2v) is 6.62. The summed E-state index contributed by atoms with van der Waals surface area (Å²) < 4.78 is 11.6. The molecule has 0 saturated heterocycles. The van der Waals surface area contributed by atoms with Crippen molar-refractivity contribution in [2.24, 2.45) is 0 Å². The van der Waals surface area contributed by atoms with E-state index in [1.807, 2.05) is 60.7 Å². The van der Waals surface area contributed by atoms with Crippen molar-refractivity contribution in [2.75, 3.05) is 0 Å². The van der Waals surface area contributed by atoms with Gasteiger partial charge in [-0.2, -0.15) is 0 Å². The van der Waals surface area contributed by atoms with Crippen LogP contribution in [0.3, 0.4) is 0 Å². The molecule has 1 unspecified atom stereocenters. The van der Waals surface area contributed by atoms with Gasteiger partial charge in [0.25, 0.3) is 0 Å². The molecule has 0 aromatic heterocycles. The highest BCUT2D eigenvalue weighted by Crippen LogP contribution is 2.49. The fourth-order valence-electron chi connectivity index (χ4n) is 2.26. The van der Waals surface area contributed by atoms with Crippen LogP contribution in [0.1, 0.15) is 24.0 Å². The topological polar surface area (TPSA) is 57.5 Å². The normalized spacial score (nSPS) is 13.5. The number of benzene rings is 2. The Balaban J connectivity index is 2.49. The SMILES string of the molecule is CC(C(c1ccccc1)c1ccccc1)P(=O)(O)O.